The fourth-order valence-electron chi connectivity index (χ4n) is 0.836. The Labute approximate surface area is 82.4 Å². The third kappa shape index (κ3) is 3.05. The number of amidine groups is 1. The van der Waals surface area contributed by atoms with Crippen LogP contribution in [0.15, 0.2) is 29.4 Å². The second-order valence-electron chi connectivity index (χ2n) is 3.14. The van der Waals surface area contributed by atoms with E-state index in [0.717, 1.165) is 0 Å². The maximum atomic E-state index is 12.6. The van der Waals surface area contributed by atoms with E-state index in [2.05, 4.69) is 5.16 Å². The first-order valence-electron chi connectivity index (χ1n) is 4.35. The minimum absolute atomic E-state index is 0.0194. The van der Waals surface area contributed by atoms with Gasteiger partial charge in [-0.1, -0.05) is 5.16 Å². The predicted molar refractivity (Wildman–Crippen MR) is 53.3 cm³/mol. The van der Waals surface area contributed by atoms with E-state index in [9.17, 15) is 4.39 Å². The topological polar surface area (TPSA) is 47.6 Å². The molecule has 14 heavy (non-hydrogen) atoms. The van der Waals surface area contributed by atoms with E-state index in [4.69, 9.17) is 10.6 Å². The Kier molecular flexibility index (Phi) is 3.45. The number of oxime groups is 1. The molecule has 1 aromatic rings. The highest BCUT2D eigenvalue weighted by Gasteiger charge is 1.99. The van der Waals surface area contributed by atoms with Crippen LogP contribution in [-0.2, 0) is 4.84 Å². The fraction of sp³-hybridized carbons (Fsp3) is 0.300. The van der Waals surface area contributed by atoms with E-state index in [1.807, 2.05) is 13.8 Å². The first kappa shape index (κ1) is 10.5. The number of benzene rings is 1. The van der Waals surface area contributed by atoms with Gasteiger partial charge in [-0.05, 0) is 38.1 Å². The fourth-order valence-corrected chi connectivity index (χ4v) is 0.836. The number of hydrogen-bond acceptors (Lipinski definition) is 2. The molecule has 0 unspecified atom stereocenters. The molecule has 1 rings (SSSR count). The molecule has 0 aromatic heterocycles. The molecule has 0 saturated carbocycles. The van der Waals surface area contributed by atoms with Gasteiger partial charge in [0.25, 0.3) is 0 Å². The van der Waals surface area contributed by atoms with Crippen molar-refractivity contribution >= 4 is 5.84 Å². The Morgan fingerprint density at radius 2 is 1.93 bits per heavy atom. The van der Waals surface area contributed by atoms with Crippen molar-refractivity contribution in [2.24, 2.45) is 10.9 Å². The molecule has 0 aliphatic heterocycles. The third-order valence-electron chi connectivity index (χ3n) is 1.50. The molecule has 0 amide bonds. The molecule has 2 N–H and O–H groups in total. The van der Waals surface area contributed by atoms with Gasteiger partial charge in [0.05, 0.1) is 0 Å². The molecule has 0 bridgehead atoms. The van der Waals surface area contributed by atoms with Crippen LogP contribution in [0.3, 0.4) is 0 Å². The molecule has 0 aliphatic rings. The number of nitrogens with two attached hydrogens (primary N) is 1. The molecule has 76 valence electrons. The maximum Gasteiger partial charge on any atom is 0.170 e. The van der Waals surface area contributed by atoms with Gasteiger partial charge in [0.1, 0.15) is 11.9 Å². The summed E-state index contributed by atoms with van der Waals surface area (Å²) < 4.78 is 12.6. The van der Waals surface area contributed by atoms with Crippen LogP contribution < -0.4 is 5.73 Å². The maximum absolute atomic E-state index is 12.6. The van der Waals surface area contributed by atoms with Crippen molar-refractivity contribution in [3.8, 4) is 0 Å². The lowest BCUT2D eigenvalue weighted by Crippen LogP contribution is -2.15. The van der Waals surface area contributed by atoms with Crippen LogP contribution in [0.4, 0.5) is 4.39 Å². The molecule has 1 aromatic carbocycles. The first-order valence-corrected chi connectivity index (χ1v) is 4.35. The molecule has 0 atom stereocenters. The molecule has 0 fully saturated rings. The number of rotatable bonds is 3. The van der Waals surface area contributed by atoms with Gasteiger partial charge in [-0.25, -0.2) is 4.39 Å². The van der Waals surface area contributed by atoms with E-state index in [1.54, 1.807) is 12.1 Å². The van der Waals surface area contributed by atoms with E-state index >= 15 is 0 Å². The zero-order valence-corrected chi connectivity index (χ0v) is 8.20. The van der Waals surface area contributed by atoms with Crippen molar-refractivity contribution in [3.05, 3.63) is 35.6 Å². The van der Waals surface area contributed by atoms with Gasteiger partial charge >= 0.3 is 0 Å². The molecular formula is C10H13FN2O. The first-order chi connectivity index (χ1) is 6.59. The second-order valence-corrected chi connectivity index (χ2v) is 3.14. The lowest BCUT2D eigenvalue weighted by molar-refractivity contribution is 0.0858. The van der Waals surface area contributed by atoms with Crippen molar-refractivity contribution in [2.75, 3.05) is 0 Å². The average Bonchev–Trinajstić information content (AvgIpc) is 2.15. The largest absolute Gasteiger partial charge is 0.391 e. The standard InChI is InChI=1S/C10H13FN2O/c1-7(2)14-13-10(12)8-3-5-9(11)6-4-8/h3-7H,1-2H3,(H2,12,13). The van der Waals surface area contributed by atoms with Gasteiger partial charge < -0.3 is 10.6 Å². The summed E-state index contributed by atoms with van der Waals surface area (Å²) in [6.07, 6.45) is -0.0194. The summed E-state index contributed by atoms with van der Waals surface area (Å²) in [7, 11) is 0. The Hall–Kier alpha value is -1.58. The monoisotopic (exact) mass is 196 g/mol. The number of nitrogens with zero attached hydrogens (tertiary/aromatic N) is 1. The molecular weight excluding hydrogens is 183 g/mol. The lowest BCUT2D eigenvalue weighted by Gasteiger charge is -2.04. The van der Waals surface area contributed by atoms with Crippen LogP contribution >= 0.6 is 0 Å². The SMILES string of the molecule is CC(C)O/N=C(\N)c1ccc(F)cc1. The highest BCUT2D eigenvalue weighted by atomic mass is 19.1. The van der Waals surface area contributed by atoms with Crippen LogP contribution in [0.5, 0.6) is 0 Å². The molecule has 0 spiro atoms. The van der Waals surface area contributed by atoms with Crippen molar-refractivity contribution in [1.82, 2.24) is 0 Å². The van der Waals surface area contributed by atoms with Crippen LogP contribution in [0.2, 0.25) is 0 Å². The Balaban J connectivity index is 2.73. The van der Waals surface area contributed by atoms with Gasteiger partial charge in [0, 0.05) is 5.56 Å². The number of halogens is 1. The number of hydrogen-bond donors (Lipinski definition) is 1. The molecule has 4 heteroatoms. The molecule has 3 nitrogen and oxygen atoms in total. The summed E-state index contributed by atoms with van der Waals surface area (Å²) in [6, 6.07) is 5.76. The smallest absolute Gasteiger partial charge is 0.170 e. The van der Waals surface area contributed by atoms with E-state index in [0.29, 0.717) is 5.56 Å². The van der Waals surface area contributed by atoms with Gasteiger partial charge in [-0.3, -0.25) is 0 Å². The zero-order chi connectivity index (χ0) is 10.6. The summed E-state index contributed by atoms with van der Waals surface area (Å²) in [5.41, 5.74) is 6.24. The van der Waals surface area contributed by atoms with Crippen molar-refractivity contribution in [1.29, 1.82) is 0 Å². The minimum Gasteiger partial charge on any atom is -0.391 e. The van der Waals surface area contributed by atoms with Gasteiger partial charge in [0.15, 0.2) is 5.84 Å². The van der Waals surface area contributed by atoms with Crippen LogP contribution in [0.25, 0.3) is 0 Å². The summed E-state index contributed by atoms with van der Waals surface area (Å²) in [6.45, 7) is 3.70. The summed E-state index contributed by atoms with van der Waals surface area (Å²) >= 11 is 0. The van der Waals surface area contributed by atoms with Gasteiger partial charge in [-0.15, -0.1) is 0 Å². The van der Waals surface area contributed by atoms with E-state index in [1.165, 1.54) is 12.1 Å². The Morgan fingerprint density at radius 3 is 2.43 bits per heavy atom. The van der Waals surface area contributed by atoms with E-state index in [-0.39, 0.29) is 17.8 Å². The van der Waals surface area contributed by atoms with Gasteiger partial charge in [-0.2, -0.15) is 0 Å². The quantitative estimate of drug-likeness (QED) is 0.455. The van der Waals surface area contributed by atoms with Crippen molar-refractivity contribution < 1.29 is 9.23 Å². The summed E-state index contributed by atoms with van der Waals surface area (Å²) in [5, 5.41) is 3.70. The average molecular weight is 196 g/mol. The Morgan fingerprint density at radius 1 is 1.36 bits per heavy atom. The molecule has 0 saturated heterocycles. The third-order valence-corrected chi connectivity index (χ3v) is 1.50. The Bertz CT molecular complexity index is 319. The van der Waals surface area contributed by atoms with Gasteiger partial charge in [0.2, 0.25) is 0 Å². The minimum atomic E-state index is -0.300. The van der Waals surface area contributed by atoms with Crippen LogP contribution in [-0.4, -0.2) is 11.9 Å². The zero-order valence-electron chi connectivity index (χ0n) is 8.20. The van der Waals surface area contributed by atoms with Crippen LogP contribution in [0.1, 0.15) is 19.4 Å². The van der Waals surface area contributed by atoms with E-state index < -0.39 is 0 Å². The normalized spacial score (nSPS) is 11.9. The highest BCUT2D eigenvalue weighted by Crippen LogP contribution is 2.02. The van der Waals surface area contributed by atoms with Crippen LogP contribution in [0, 0.1) is 5.82 Å². The lowest BCUT2D eigenvalue weighted by atomic mass is 10.2. The van der Waals surface area contributed by atoms with Crippen molar-refractivity contribution in [3.63, 3.8) is 0 Å². The summed E-state index contributed by atoms with van der Waals surface area (Å²) in [5.74, 6) is -0.0509. The molecule has 0 radical (unpaired) electrons. The highest BCUT2D eigenvalue weighted by molar-refractivity contribution is 5.96. The van der Waals surface area contributed by atoms with Crippen molar-refractivity contribution in [2.45, 2.75) is 20.0 Å². The second kappa shape index (κ2) is 4.60. The molecule has 0 aliphatic carbocycles. The summed E-state index contributed by atoms with van der Waals surface area (Å²) in [4.78, 5) is 4.96. The molecule has 0 heterocycles. The predicted octanol–water partition coefficient (Wildman–Crippen LogP) is 1.87.